The van der Waals surface area contributed by atoms with Gasteiger partial charge in [0, 0.05) is 0 Å². The fourth-order valence-corrected chi connectivity index (χ4v) is 23.7. The van der Waals surface area contributed by atoms with Crippen molar-refractivity contribution in [3.05, 3.63) is 0 Å². The Balaban J connectivity index is 0.00000171. The van der Waals surface area contributed by atoms with Crippen LogP contribution in [0.15, 0.2) is 0 Å². The number of rotatable bonds is 8. The van der Waals surface area contributed by atoms with Gasteiger partial charge >= 0.3 is 175 Å². The predicted octanol–water partition coefficient (Wildman–Crippen LogP) is -6.53. The van der Waals surface area contributed by atoms with E-state index in [-0.39, 0.29) is 11.0 Å². The molecule has 4 rings (SSSR count). The second-order valence-electron chi connectivity index (χ2n) is 6.48. The third-order valence-corrected chi connectivity index (χ3v) is 22.1. The van der Waals surface area contributed by atoms with Crippen LogP contribution in [-0.2, 0) is 29.0 Å². The van der Waals surface area contributed by atoms with Crippen LogP contribution in [0, 0.1) is 0 Å². The minimum atomic E-state index is -5.02. The van der Waals surface area contributed by atoms with Crippen molar-refractivity contribution in [3.8, 4) is 0 Å². The second kappa shape index (κ2) is 9.73. The third kappa shape index (κ3) is 4.56. The molecule has 0 aromatic heterocycles. The molecule has 10 N–H and O–H groups in total. The summed E-state index contributed by atoms with van der Waals surface area (Å²) in [4.78, 5) is 22.2. The van der Waals surface area contributed by atoms with Crippen molar-refractivity contribution in [1.82, 2.24) is 0 Å². The van der Waals surface area contributed by atoms with Gasteiger partial charge in [0.1, 0.15) is 0 Å². The molecule has 0 spiro atoms. The topological polar surface area (TPSA) is 283 Å². The van der Waals surface area contributed by atoms with Crippen LogP contribution in [0.5, 0.6) is 0 Å². The maximum absolute atomic E-state index is 11.1. The number of carbonyl (C=O) groups is 2. The molecule has 182 valence electrons. The number of aliphatic hydroxyl groups is 4. The SMILES string of the molecule is O.O.O=C(O)C(O)C1[O][Sb]2([O][Sb]34[O]C(CO)C([O]3)C(C(O)C(=O)O)[O]4)[O]C(CO)C1[O]2. The molecule has 2 radical (unpaired) electrons. The van der Waals surface area contributed by atoms with Gasteiger partial charge in [-0.15, -0.1) is 0 Å². The van der Waals surface area contributed by atoms with Crippen LogP contribution < -0.4 is 0 Å². The first kappa shape index (κ1) is 27.3. The van der Waals surface area contributed by atoms with E-state index in [1.54, 1.807) is 0 Å². The van der Waals surface area contributed by atoms with Crippen molar-refractivity contribution in [2.75, 3.05) is 13.2 Å². The minimum absolute atomic E-state index is 0. The number of carboxylic acids is 2. The van der Waals surface area contributed by atoms with Crippen LogP contribution in [0.2, 0.25) is 0 Å². The molecule has 17 nitrogen and oxygen atoms in total. The van der Waals surface area contributed by atoms with Crippen LogP contribution in [0.3, 0.4) is 0 Å². The summed E-state index contributed by atoms with van der Waals surface area (Å²) in [6.07, 6.45) is -11.1. The number of aliphatic carboxylic acids is 2. The molecule has 4 saturated heterocycles. The van der Waals surface area contributed by atoms with Crippen LogP contribution in [-0.4, -0.2) is 157 Å². The van der Waals surface area contributed by atoms with E-state index in [1.165, 1.54) is 0 Å². The molecular formula is C12H22O17Sb2. The normalized spacial score (nSPS) is 44.4. The molecule has 0 amide bonds. The molecular weight excluding hydrogens is 660 g/mol. The van der Waals surface area contributed by atoms with Gasteiger partial charge in [-0.1, -0.05) is 0 Å². The Morgan fingerprint density at radius 2 is 1.10 bits per heavy atom. The number of aliphatic hydroxyl groups excluding tert-OH is 4. The maximum atomic E-state index is 11.1. The van der Waals surface area contributed by atoms with Crippen LogP contribution in [0.25, 0.3) is 0 Å². The monoisotopic (exact) mass is 680 g/mol. The van der Waals surface area contributed by atoms with Gasteiger partial charge in [-0.2, -0.15) is 0 Å². The van der Waals surface area contributed by atoms with Gasteiger partial charge in [0.25, 0.3) is 0 Å². The first-order valence-corrected chi connectivity index (χ1v) is 16.6. The van der Waals surface area contributed by atoms with Gasteiger partial charge in [0.2, 0.25) is 0 Å². The van der Waals surface area contributed by atoms with Crippen LogP contribution in [0.1, 0.15) is 0 Å². The van der Waals surface area contributed by atoms with Crippen molar-refractivity contribution in [3.63, 3.8) is 0 Å². The Hall–Kier alpha value is 0.0564. The predicted molar refractivity (Wildman–Crippen MR) is 90.5 cm³/mol. The molecule has 0 aliphatic carbocycles. The molecule has 19 heteroatoms. The molecule has 10 unspecified atom stereocenters. The fraction of sp³-hybridized carbons (Fsp3) is 0.833. The Bertz CT molecular complexity index is 640. The van der Waals surface area contributed by atoms with E-state index < -0.39 is 115 Å². The van der Waals surface area contributed by atoms with Crippen molar-refractivity contribution >= 4 is 52.9 Å². The Kier molecular flexibility index (Phi) is 8.57. The summed E-state index contributed by atoms with van der Waals surface area (Å²) in [6, 6.07) is 0. The molecule has 4 bridgehead atoms. The molecule has 4 heterocycles. The van der Waals surface area contributed by atoms with E-state index in [0.717, 1.165) is 0 Å². The molecule has 4 aliphatic rings. The van der Waals surface area contributed by atoms with Crippen LogP contribution in [0.4, 0.5) is 0 Å². The summed E-state index contributed by atoms with van der Waals surface area (Å²) in [7, 11) is 0. The molecule has 0 aromatic rings. The molecule has 10 atom stereocenters. The molecule has 4 aliphatic heterocycles. The average molecular weight is 682 g/mol. The van der Waals surface area contributed by atoms with E-state index in [0.29, 0.717) is 0 Å². The van der Waals surface area contributed by atoms with Gasteiger partial charge in [-0.25, -0.2) is 0 Å². The zero-order chi connectivity index (χ0) is 21.1. The molecule has 0 aromatic carbocycles. The number of hydrogen-bond acceptors (Lipinski definition) is 13. The Morgan fingerprint density at radius 1 is 0.742 bits per heavy atom. The average Bonchev–Trinajstić information content (AvgIpc) is 3.41. The Morgan fingerprint density at radius 3 is 1.39 bits per heavy atom. The van der Waals surface area contributed by atoms with E-state index in [2.05, 4.69) is 0 Å². The van der Waals surface area contributed by atoms with Crippen molar-refractivity contribution in [1.29, 1.82) is 0 Å². The number of hydrogen-bond donors (Lipinski definition) is 6. The van der Waals surface area contributed by atoms with Crippen molar-refractivity contribution in [2.45, 2.75) is 48.8 Å². The second-order valence-corrected chi connectivity index (χ2v) is 18.8. The fourth-order valence-electron chi connectivity index (χ4n) is 3.26. The summed E-state index contributed by atoms with van der Waals surface area (Å²) in [5.41, 5.74) is 0. The first-order chi connectivity index (χ1) is 13.6. The summed E-state index contributed by atoms with van der Waals surface area (Å²) in [5.74, 6) is -3.17. The number of carboxylic acid groups (broad SMARTS) is 2. The van der Waals surface area contributed by atoms with Gasteiger partial charge in [0.15, 0.2) is 0 Å². The zero-order valence-electron chi connectivity index (χ0n) is 15.3. The molecule has 4 fully saturated rings. The van der Waals surface area contributed by atoms with Gasteiger partial charge in [0.05, 0.1) is 0 Å². The van der Waals surface area contributed by atoms with Gasteiger partial charge in [-0.05, 0) is 0 Å². The van der Waals surface area contributed by atoms with Gasteiger partial charge in [-0.3, -0.25) is 0 Å². The summed E-state index contributed by atoms with van der Waals surface area (Å²) in [6.45, 7) is -1.16. The first-order valence-electron chi connectivity index (χ1n) is 8.27. The summed E-state index contributed by atoms with van der Waals surface area (Å²) in [5, 5.41) is 56.7. The third-order valence-electron chi connectivity index (χ3n) is 4.60. The molecule has 0 saturated carbocycles. The van der Waals surface area contributed by atoms with Crippen molar-refractivity contribution in [2.24, 2.45) is 0 Å². The summed E-state index contributed by atoms with van der Waals surface area (Å²) >= 11 is -10.0. The van der Waals surface area contributed by atoms with E-state index in [9.17, 15) is 30.0 Å². The van der Waals surface area contributed by atoms with E-state index in [4.69, 9.17) is 29.6 Å². The summed E-state index contributed by atoms with van der Waals surface area (Å²) < 4.78 is 38.9. The number of fused-ring (bicyclic) bond motifs is 4. The standard InChI is InChI=1S/2C6H9O7.2H2O.O.2Sb/c2*7-1-2(8)3(9)4(10)5(11)6(12)13;;;;;/h2*2-5,7,11H,1H2,(H,12,13);2*1H2;;;/q2*-3;;;;2*+3. The Labute approximate surface area is 185 Å². The quantitative estimate of drug-likeness (QED) is 0.130. The van der Waals surface area contributed by atoms with Crippen LogP contribution >= 0.6 is 0 Å². The van der Waals surface area contributed by atoms with Gasteiger partial charge < -0.3 is 11.0 Å². The molecule has 31 heavy (non-hydrogen) atoms. The van der Waals surface area contributed by atoms with Crippen molar-refractivity contribution < 1.29 is 70.6 Å². The van der Waals surface area contributed by atoms with E-state index in [1.807, 2.05) is 0 Å². The zero-order valence-corrected chi connectivity index (χ0v) is 20.4. The van der Waals surface area contributed by atoms with E-state index >= 15 is 0 Å².